The van der Waals surface area contributed by atoms with Gasteiger partial charge in [-0.3, -0.25) is 9.59 Å². The van der Waals surface area contributed by atoms with Gasteiger partial charge in [0.2, 0.25) is 5.91 Å². The van der Waals surface area contributed by atoms with Crippen molar-refractivity contribution in [3.05, 3.63) is 70.8 Å². The van der Waals surface area contributed by atoms with Crippen LogP contribution in [0.3, 0.4) is 0 Å². The molecule has 0 aliphatic rings. The van der Waals surface area contributed by atoms with E-state index in [9.17, 15) is 14.4 Å². The molecule has 23 heavy (non-hydrogen) atoms. The molecule has 6 heteroatoms. The number of hydrogen-bond donors (Lipinski definition) is 2. The number of carbonyl (C=O) groups is 3. The van der Waals surface area contributed by atoms with Crippen molar-refractivity contribution in [3.63, 3.8) is 0 Å². The summed E-state index contributed by atoms with van der Waals surface area (Å²) in [5.74, 6) is -1.26. The standard InChI is InChI=1S/C17H16N2O4/c1-23-17(22)13-7-5-12(6-8-13)16(21)19-10-11-3-2-4-14(9-11)15(18)20/h2-9H,10H2,1H3,(H2,18,20)(H,19,21). The molecule has 0 saturated carbocycles. The van der Waals surface area contributed by atoms with Gasteiger partial charge in [0.05, 0.1) is 12.7 Å². The Morgan fingerprint density at radius 1 is 1.00 bits per heavy atom. The van der Waals surface area contributed by atoms with Gasteiger partial charge < -0.3 is 15.8 Å². The van der Waals surface area contributed by atoms with E-state index in [4.69, 9.17) is 5.73 Å². The maximum atomic E-state index is 12.1. The molecule has 0 fully saturated rings. The van der Waals surface area contributed by atoms with Crippen LogP contribution in [0.4, 0.5) is 0 Å². The molecule has 6 nitrogen and oxygen atoms in total. The Balaban J connectivity index is 2.01. The number of amides is 2. The molecule has 0 heterocycles. The van der Waals surface area contributed by atoms with E-state index >= 15 is 0 Å². The van der Waals surface area contributed by atoms with Crippen LogP contribution in [-0.4, -0.2) is 24.9 Å². The van der Waals surface area contributed by atoms with Gasteiger partial charge in [0.1, 0.15) is 0 Å². The topological polar surface area (TPSA) is 98.5 Å². The normalized spacial score (nSPS) is 9.96. The van der Waals surface area contributed by atoms with Crippen molar-refractivity contribution in [2.24, 2.45) is 5.73 Å². The summed E-state index contributed by atoms with van der Waals surface area (Å²) in [5, 5.41) is 2.74. The van der Waals surface area contributed by atoms with E-state index in [-0.39, 0.29) is 12.5 Å². The number of nitrogens with two attached hydrogens (primary N) is 1. The summed E-state index contributed by atoms with van der Waals surface area (Å²) in [6.45, 7) is 0.263. The molecule has 0 atom stereocenters. The maximum Gasteiger partial charge on any atom is 0.337 e. The Morgan fingerprint density at radius 3 is 2.26 bits per heavy atom. The number of primary amides is 1. The molecule has 118 valence electrons. The van der Waals surface area contributed by atoms with Crippen molar-refractivity contribution in [2.45, 2.75) is 6.54 Å². The SMILES string of the molecule is COC(=O)c1ccc(C(=O)NCc2cccc(C(N)=O)c2)cc1. The van der Waals surface area contributed by atoms with E-state index in [1.54, 1.807) is 36.4 Å². The van der Waals surface area contributed by atoms with Crippen LogP contribution in [0, 0.1) is 0 Å². The summed E-state index contributed by atoms with van der Waals surface area (Å²) >= 11 is 0. The van der Waals surface area contributed by atoms with Crippen molar-refractivity contribution >= 4 is 17.8 Å². The number of rotatable bonds is 5. The fourth-order valence-corrected chi connectivity index (χ4v) is 1.99. The molecule has 0 saturated heterocycles. The van der Waals surface area contributed by atoms with E-state index in [1.807, 2.05) is 0 Å². The Labute approximate surface area is 133 Å². The average Bonchev–Trinajstić information content (AvgIpc) is 2.59. The highest BCUT2D eigenvalue weighted by atomic mass is 16.5. The highest BCUT2D eigenvalue weighted by molar-refractivity contribution is 5.96. The average molecular weight is 312 g/mol. The first-order valence-corrected chi connectivity index (χ1v) is 6.86. The monoisotopic (exact) mass is 312 g/mol. The first kappa shape index (κ1) is 16.2. The van der Waals surface area contributed by atoms with Crippen molar-refractivity contribution in [1.29, 1.82) is 0 Å². The quantitative estimate of drug-likeness (QED) is 0.817. The van der Waals surface area contributed by atoms with Crippen LogP contribution in [0.2, 0.25) is 0 Å². The fourth-order valence-electron chi connectivity index (χ4n) is 1.99. The van der Waals surface area contributed by atoms with Gasteiger partial charge in [0.25, 0.3) is 5.91 Å². The summed E-state index contributed by atoms with van der Waals surface area (Å²) in [6, 6.07) is 12.9. The molecule has 2 amide bonds. The highest BCUT2D eigenvalue weighted by Gasteiger charge is 2.09. The van der Waals surface area contributed by atoms with Crippen molar-refractivity contribution < 1.29 is 19.1 Å². The molecule has 3 N–H and O–H groups in total. The Morgan fingerprint density at radius 2 is 1.65 bits per heavy atom. The maximum absolute atomic E-state index is 12.1. The van der Waals surface area contributed by atoms with E-state index in [0.717, 1.165) is 5.56 Å². The molecule has 2 aromatic carbocycles. The van der Waals surface area contributed by atoms with Crippen LogP contribution in [-0.2, 0) is 11.3 Å². The number of hydrogen-bond acceptors (Lipinski definition) is 4. The van der Waals surface area contributed by atoms with Crippen LogP contribution in [0.25, 0.3) is 0 Å². The van der Waals surface area contributed by atoms with Crippen LogP contribution >= 0.6 is 0 Å². The number of methoxy groups -OCH3 is 1. The first-order valence-electron chi connectivity index (χ1n) is 6.86. The molecule has 0 aromatic heterocycles. The van der Waals surface area contributed by atoms with Gasteiger partial charge in [-0.2, -0.15) is 0 Å². The van der Waals surface area contributed by atoms with E-state index in [2.05, 4.69) is 10.1 Å². The molecule has 0 spiro atoms. The third-order valence-corrected chi connectivity index (χ3v) is 3.23. The van der Waals surface area contributed by atoms with E-state index < -0.39 is 11.9 Å². The molecule has 0 aliphatic carbocycles. The summed E-state index contributed by atoms with van der Waals surface area (Å²) in [7, 11) is 1.29. The van der Waals surface area contributed by atoms with Gasteiger partial charge in [-0.15, -0.1) is 0 Å². The first-order chi connectivity index (χ1) is 11.0. The second-order valence-corrected chi connectivity index (χ2v) is 4.82. The molecular weight excluding hydrogens is 296 g/mol. The lowest BCUT2D eigenvalue weighted by Gasteiger charge is -2.07. The van der Waals surface area contributed by atoms with Crippen LogP contribution in [0.15, 0.2) is 48.5 Å². The zero-order valence-electron chi connectivity index (χ0n) is 12.5. The molecular formula is C17H16N2O4. The van der Waals surface area contributed by atoms with Gasteiger partial charge in [-0.25, -0.2) is 4.79 Å². The van der Waals surface area contributed by atoms with Gasteiger partial charge in [0.15, 0.2) is 0 Å². The highest BCUT2D eigenvalue weighted by Crippen LogP contribution is 2.08. The minimum atomic E-state index is -0.517. The minimum Gasteiger partial charge on any atom is -0.465 e. The molecule has 0 radical (unpaired) electrons. The van der Waals surface area contributed by atoms with Crippen molar-refractivity contribution in [1.82, 2.24) is 5.32 Å². The lowest BCUT2D eigenvalue weighted by molar-refractivity contribution is 0.0600. The molecule has 0 unspecified atom stereocenters. The summed E-state index contributed by atoms with van der Waals surface area (Å²) in [4.78, 5) is 34.5. The molecule has 2 aromatic rings. The number of benzene rings is 2. The van der Waals surface area contributed by atoms with Crippen molar-refractivity contribution in [2.75, 3.05) is 7.11 Å². The van der Waals surface area contributed by atoms with Crippen LogP contribution in [0.1, 0.15) is 36.6 Å². The molecule has 2 rings (SSSR count). The second-order valence-electron chi connectivity index (χ2n) is 4.82. The van der Waals surface area contributed by atoms with Gasteiger partial charge >= 0.3 is 5.97 Å². The summed E-state index contributed by atoms with van der Waals surface area (Å²) in [5.41, 5.74) is 7.16. The summed E-state index contributed by atoms with van der Waals surface area (Å²) < 4.78 is 4.60. The Bertz CT molecular complexity index is 739. The van der Waals surface area contributed by atoms with E-state index in [0.29, 0.717) is 16.7 Å². The zero-order valence-corrected chi connectivity index (χ0v) is 12.5. The zero-order chi connectivity index (χ0) is 16.8. The van der Waals surface area contributed by atoms with E-state index in [1.165, 1.54) is 19.2 Å². The minimum absolute atomic E-state index is 0.263. The smallest absolute Gasteiger partial charge is 0.337 e. The number of carbonyl (C=O) groups excluding carboxylic acids is 3. The third kappa shape index (κ3) is 4.16. The van der Waals surface area contributed by atoms with Crippen LogP contribution in [0.5, 0.6) is 0 Å². The Hall–Kier alpha value is -3.15. The third-order valence-electron chi connectivity index (χ3n) is 3.23. The number of nitrogens with one attached hydrogen (secondary N) is 1. The number of esters is 1. The van der Waals surface area contributed by atoms with Gasteiger partial charge in [-0.05, 0) is 42.0 Å². The predicted octanol–water partition coefficient (Wildman–Crippen LogP) is 1.50. The Kier molecular flexibility index (Phi) is 5.09. The number of ether oxygens (including phenoxy) is 1. The van der Waals surface area contributed by atoms with Crippen molar-refractivity contribution in [3.8, 4) is 0 Å². The fraction of sp³-hybridized carbons (Fsp3) is 0.118. The predicted molar refractivity (Wildman–Crippen MR) is 83.9 cm³/mol. The van der Waals surface area contributed by atoms with Gasteiger partial charge in [0, 0.05) is 17.7 Å². The van der Waals surface area contributed by atoms with Gasteiger partial charge in [-0.1, -0.05) is 12.1 Å². The van der Waals surface area contributed by atoms with Crippen LogP contribution < -0.4 is 11.1 Å². The summed E-state index contributed by atoms with van der Waals surface area (Å²) in [6.07, 6.45) is 0. The largest absolute Gasteiger partial charge is 0.465 e. The lowest BCUT2D eigenvalue weighted by atomic mass is 10.1. The molecule has 0 bridgehead atoms. The lowest BCUT2D eigenvalue weighted by Crippen LogP contribution is -2.23. The second kappa shape index (κ2) is 7.22. The molecule has 0 aliphatic heterocycles.